The van der Waals surface area contributed by atoms with Crippen LogP contribution in [-0.4, -0.2) is 19.1 Å². The van der Waals surface area contributed by atoms with Gasteiger partial charge < -0.3 is 4.74 Å². The first-order chi connectivity index (χ1) is 10.1. The molecule has 2 amide bonds. The Kier molecular flexibility index (Phi) is 4.38. The molecule has 0 spiro atoms. The molecule has 2 aromatic carbocycles. The first kappa shape index (κ1) is 14.8. The molecular weight excluding hydrogens is 266 g/mol. The van der Waals surface area contributed by atoms with Gasteiger partial charge in [-0.2, -0.15) is 0 Å². The highest BCUT2D eigenvalue weighted by Gasteiger charge is 2.38. The molecule has 0 heterocycles. The van der Waals surface area contributed by atoms with Gasteiger partial charge in [-0.3, -0.25) is 10.1 Å². The number of methoxy groups -OCH3 is 1. The summed E-state index contributed by atoms with van der Waals surface area (Å²) in [6.45, 7) is 1.79. The van der Waals surface area contributed by atoms with E-state index in [0.717, 1.165) is 11.1 Å². The number of benzene rings is 2. The van der Waals surface area contributed by atoms with Gasteiger partial charge >= 0.3 is 6.09 Å². The summed E-state index contributed by atoms with van der Waals surface area (Å²) in [5, 5.41) is 2.27. The number of hydrogen-bond acceptors (Lipinski definition) is 3. The van der Waals surface area contributed by atoms with Crippen LogP contribution in [0.15, 0.2) is 60.7 Å². The lowest BCUT2D eigenvalue weighted by molar-refractivity contribution is -0.124. The zero-order valence-corrected chi connectivity index (χ0v) is 12.0. The molecule has 0 aromatic heterocycles. The van der Waals surface area contributed by atoms with E-state index in [1.807, 2.05) is 60.7 Å². The minimum atomic E-state index is -0.975. The number of carbonyl (C=O) groups excluding carboxylic acids is 2. The molecule has 0 radical (unpaired) electrons. The third-order valence-electron chi connectivity index (χ3n) is 3.56. The number of amides is 2. The Labute approximate surface area is 123 Å². The SMILES string of the molecule is COC(=O)NC(=O)C(C)(c1ccccc1)c1ccccc1. The van der Waals surface area contributed by atoms with Crippen LogP contribution in [0.5, 0.6) is 0 Å². The third-order valence-corrected chi connectivity index (χ3v) is 3.56. The second kappa shape index (κ2) is 6.22. The summed E-state index contributed by atoms with van der Waals surface area (Å²) >= 11 is 0. The normalized spacial score (nSPS) is 10.8. The molecule has 0 atom stereocenters. The third kappa shape index (κ3) is 2.94. The van der Waals surface area contributed by atoms with E-state index in [4.69, 9.17) is 0 Å². The molecule has 4 nitrogen and oxygen atoms in total. The van der Waals surface area contributed by atoms with Gasteiger partial charge in [-0.05, 0) is 18.1 Å². The highest BCUT2D eigenvalue weighted by molar-refractivity contribution is 6.00. The Morgan fingerprint density at radius 1 is 0.905 bits per heavy atom. The van der Waals surface area contributed by atoms with E-state index in [0.29, 0.717) is 0 Å². The van der Waals surface area contributed by atoms with Crippen molar-refractivity contribution in [3.63, 3.8) is 0 Å². The predicted molar refractivity (Wildman–Crippen MR) is 79.9 cm³/mol. The van der Waals surface area contributed by atoms with Gasteiger partial charge in [0.05, 0.1) is 12.5 Å². The van der Waals surface area contributed by atoms with Crippen LogP contribution in [-0.2, 0) is 14.9 Å². The number of rotatable bonds is 3. The molecule has 2 aromatic rings. The molecular formula is C17H17NO3. The monoisotopic (exact) mass is 283 g/mol. The Hall–Kier alpha value is -2.62. The van der Waals surface area contributed by atoms with Crippen LogP contribution >= 0.6 is 0 Å². The number of nitrogens with one attached hydrogen (secondary N) is 1. The van der Waals surface area contributed by atoms with E-state index in [9.17, 15) is 9.59 Å². The molecule has 4 heteroatoms. The fraction of sp³-hybridized carbons (Fsp3) is 0.176. The second-order valence-corrected chi connectivity index (χ2v) is 4.80. The van der Waals surface area contributed by atoms with E-state index < -0.39 is 17.4 Å². The topological polar surface area (TPSA) is 55.4 Å². The van der Waals surface area contributed by atoms with E-state index in [2.05, 4.69) is 10.1 Å². The van der Waals surface area contributed by atoms with E-state index in [1.54, 1.807) is 6.92 Å². The summed E-state index contributed by atoms with van der Waals surface area (Å²) in [5.74, 6) is -0.424. The van der Waals surface area contributed by atoms with Gasteiger partial charge in [0.25, 0.3) is 0 Å². The minimum Gasteiger partial charge on any atom is -0.453 e. The van der Waals surface area contributed by atoms with Crippen LogP contribution in [0.25, 0.3) is 0 Å². The highest BCUT2D eigenvalue weighted by Crippen LogP contribution is 2.32. The molecule has 0 aliphatic rings. The summed E-state index contributed by atoms with van der Waals surface area (Å²) in [5.41, 5.74) is 0.631. The fourth-order valence-electron chi connectivity index (χ4n) is 2.24. The Morgan fingerprint density at radius 3 is 1.71 bits per heavy atom. The summed E-state index contributed by atoms with van der Waals surface area (Å²) in [4.78, 5) is 24.0. The summed E-state index contributed by atoms with van der Waals surface area (Å²) < 4.78 is 4.52. The molecule has 0 aliphatic carbocycles. The molecule has 0 saturated heterocycles. The van der Waals surface area contributed by atoms with E-state index in [-0.39, 0.29) is 0 Å². The maximum absolute atomic E-state index is 12.6. The number of alkyl carbamates (subject to hydrolysis) is 1. The lowest BCUT2D eigenvalue weighted by Crippen LogP contribution is -2.45. The molecule has 0 bridgehead atoms. The van der Waals surface area contributed by atoms with Crippen LogP contribution < -0.4 is 5.32 Å². The van der Waals surface area contributed by atoms with Crippen molar-refractivity contribution in [1.29, 1.82) is 0 Å². The number of carbonyl (C=O) groups is 2. The van der Waals surface area contributed by atoms with Gasteiger partial charge in [-0.1, -0.05) is 60.7 Å². The van der Waals surface area contributed by atoms with Crippen LogP contribution in [0.1, 0.15) is 18.1 Å². The quantitative estimate of drug-likeness (QED) is 0.942. The Bertz CT molecular complexity index is 583. The first-order valence-electron chi connectivity index (χ1n) is 6.59. The summed E-state index contributed by atoms with van der Waals surface area (Å²) in [7, 11) is 1.23. The maximum atomic E-state index is 12.6. The van der Waals surface area contributed by atoms with Crippen molar-refractivity contribution in [3.8, 4) is 0 Å². The van der Waals surface area contributed by atoms with Crippen molar-refractivity contribution in [3.05, 3.63) is 71.8 Å². The fourth-order valence-corrected chi connectivity index (χ4v) is 2.24. The Morgan fingerprint density at radius 2 is 1.33 bits per heavy atom. The van der Waals surface area contributed by atoms with E-state index >= 15 is 0 Å². The van der Waals surface area contributed by atoms with Gasteiger partial charge in [-0.15, -0.1) is 0 Å². The average Bonchev–Trinajstić information content (AvgIpc) is 2.55. The van der Waals surface area contributed by atoms with Crippen molar-refractivity contribution in [1.82, 2.24) is 5.32 Å². The van der Waals surface area contributed by atoms with Crippen LogP contribution in [0.2, 0.25) is 0 Å². The smallest absolute Gasteiger partial charge is 0.413 e. The molecule has 0 saturated carbocycles. The lowest BCUT2D eigenvalue weighted by Gasteiger charge is -2.29. The van der Waals surface area contributed by atoms with E-state index in [1.165, 1.54) is 7.11 Å². The molecule has 0 fully saturated rings. The van der Waals surface area contributed by atoms with Crippen molar-refractivity contribution in [2.75, 3.05) is 7.11 Å². The highest BCUT2D eigenvalue weighted by atomic mass is 16.5. The van der Waals surface area contributed by atoms with Crippen molar-refractivity contribution < 1.29 is 14.3 Å². The maximum Gasteiger partial charge on any atom is 0.413 e. The first-order valence-corrected chi connectivity index (χ1v) is 6.59. The second-order valence-electron chi connectivity index (χ2n) is 4.80. The number of imide groups is 1. The molecule has 0 unspecified atom stereocenters. The molecule has 21 heavy (non-hydrogen) atoms. The van der Waals surface area contributed by atoms with Gasteiger partial charge in [0, 0.05) is 0 Å². The van der Waals surface area contributed by atoms with Gasteiger partial charge in [0.1, 0.15) is 0 Å². The number of ether oxygens (including phenoxy) is 1. The number of hydrogen-bond donors (Lipinski definition) is 1. The van der Waals surface area contributed by atoms with Crippen LogP contribution in [0.3, 0.4) is 0 Å². The van der Waals surface area contributed by atoms with Gasteiger partial charge in [0.2, 0.25) is 5.91 Å². The summed E-state index contributed by atoms with van der Waals surface area (Å²) in [6, 6.07) is 18.7. The molecule has 0 aliphatic heterocycles. The molecule has 1 N–H and O–H groups in total. The predicted octanol–water partition coefficient (Wildman–Crippen LogP) is 2.88. The largest absolute Gasteiger partial charge is 0.453 e. The molecule has 2 rings (SSSR count). The van der Waals surface area contributed by atoms with Crippen LogP contribution in [0, 0.1) is 0 Å². The van der Waals surface area contributed by atoms with Crippen LogP contribution in [0.4, 0.5) is 4.79 Å². The van der Waals surface area contributed by atoms with Gasteiger partial charge in [-0.25, -0.2) is 4.79 Å². The zero-order valence-electron chi connectivity index (χ0n) is 12.0. The minimum absolute atomic E-state index is 0.424. The van der Waals surface area contributed by atoms with Gasteiger partial charge in [0.15, 0.2) is 0 Å². The molecule has 108 valence electrons. The van der Waals surface area contributed by atoms with Crippen molar-refractivity contribution in [2.45, 2.75) is 12.3 Å². The lowest BCUT2D eigenvalue weighted by atomic mass is 9.75. The Balaban J connectivity index is 2.50. The standard InChI is InChI=1S/C17H17NO3/c1-17(13-9-5-3-6-10-13,14-11-7-4-8-12-14)15(19)18-16(20)21-2/h3-12H,1-2H3,(H,18,19,20). The van der Waals surface area contributed by atoms with Crippen molar-refractivity contribution in [2.24, 2.45) is 0 Å². The zero-order chi connectivity index (χ0) is 15.3. The van der Waals surface area contributed by atoms with Crippen molar-refractivity contribution >= 4 is 12.0 Å². The average molecular weight is 283 g/mol. The summed E-state index contributed by atoms with van der Waals surface area (Å²) in [6.07, 6.45) is -0.766.